The Kier molecular flexibility index (Phi) is 7.80. The molecule has 0 spiro atoms. The molecule has 2 unspecified atom stereocenters. The number of nitrogens with zero attached hydrogens (tertiary/aromatic N) is 4. The summed E-state index contributed by atoms with van der Waals surface area (Å²) in [4.78, 5) is 11.4. The van der Waals surface area contributed by atoms with Gasteiger partial charge < -0.3 is 14.5 Å². The van der Waals surface area contributed by atoms with Crippen molar-refractivity contribution in [1.29, 1.82) is 0 Å². The zero-order valence-corrected chi connectivity index (χ0v) is 26.0. The van der Waals surface area contributed by atoms with Crippen LogP contribution >= 0.6 is 28.9 Å². The number of rotatable bonds is 6. The highest BCUT2D eigenvalue weighted by molar-refractivity contribution is 14.2. The van der Waals surface area contributed by atoms with Gasteiger partial charge in [-0.3, -0.25) is 0 Å². The highest BCUT2D eigenvalue weighted by Crippen LogP contribution is 2.47. The smallest absolute Gasteiger partial charge is 0.217 e. The van der Waals surface area contributed by atoms with Crippen LogP contribution in [0.2, 0.25) is 0 Å². The van der Waals surface area contributed by atoms with Gasteiger partial charge in [0.15, 0.2) is 0 Å². The van der Waals surface area contributed by atoms with Gasteiger partial charge in [-0.2, -0.15) is 4.31 Å². The van der Waals surface area contributed by atoms with Crippen LogP contribution in [0.15, 0.2) is 40.2 Å². The van der Waals surface area contributed by atoms with Crippen LogP contribution in [0.4, 0.5) is 17.1 Å². The first-order chi connectivity index (χ1) is 18.4. The number of halogens is 1. The third-order valence-corrected chi connectivity index (χ3v) is 15.0. The number of anilines is 2. The summed E-state index contributed by atoms with van der Waals surface area (Å²) in [5.41, 5.74) is 4.86. The highest BCUT2D eigenvalue weighted by atomic mass is 127. The monoisotopic (exact) mass is 668 g/mol. The molecule has 0 aromatic heterocycles. The minimum absolute atomic E-state index is 0.136. The maximum absolute atomic E-state index is 12.9. The molecule has 3 fully saturated rings. The highest BCUT2D eigenvalue weighted by Gasteiger charge is 2.40. The van der Waals surface area contributed by atoms with Crippen LogP contribution in [0.5, 0.6) is 0 Å². The van der Waals surface area contributed by atoms with E-state index in [4.69, 9.17) is 9.73 Å². The minimum atomic E-state index is -3.13. The summed E-state index contributed by atoms with van der Waals surface area (Å²) < 4.78 is 34.4. The van der Waals surface area contributed by atoms with Crippen molar-refractivity contribution in [2.45, 2.75) is 55.6 Å². The summed E-state index contributed by atoms with van der Waals surface area (Å²) >= 11 is 2.62. The fourth-order valence-electron chi connectivity index (χ4n) is 5.63. The van der Waals surface area contributed by atoms with Crippen molar-refractivity contribution < 1.29 is 13.2 Å². The van der Waals surface area contributed by atoms with Gasteiger partial charge in [0.1, 0.15) is 0 Å². The van der Waals surface area contributed by atoms with E-state index in [0.717, 1.165) is 76.1 Å². The molecule has 2 atom stereocenters. The number of sulfonamides is 1. The number of ether oxygens (including phenoxy) is 1. The quantitative estimate of drug-likeness (QED) is 0.312. The molecule has 0 N–H and O–H groups in total. The van der Waals surface area contributed by atoms with Crippen molar-refractivity contribution in [2.24, 2.45) is 4.99 Å². The first kappa shape index (κ1) is 27.0. The van der Waals surface area contributed by atoms with Crippen molar-refractivity contribution in [3.8, 4) is 0 Å². The lowest BCUT2D eigenvalue weighted by molar-refractivity contribution is 0.122. The van der Waals surface area contributed by atoms with Crippen molar-refractivity contribution in [1.82, 2.24) is 4.31 Å². The Hall–Kier alpha value is -1.21. The van der Waals surface area contributed by atoms with Gasteiger partial charge in [-0.05, 0) is 88.7 Å². The molecule has 0 amide bonds. The van der Waals surface area contributed by atoms with Crippen LogP contribution in [0.3, 0.4) is 0 Å². The lowest BCUT2D eigenvalue weighted by atomic mass is 9.97. The number of fused-ring (bicyclic) bond motifs is 2. The number of benzene rings is 2. The third-order valence-electron chi connectivity index (χ3n) is 8.30. The predicted octanol–water partition coefficient (Wildman–Crippen LogP) is 5.23. The van der Waals surface area contributed by atoms with Gasteiger partial charge in [-0.1, -0.05) is 21.5 Å². The Labute approximate surface area is 240 Å². The van der Waals surface area contributed by atoms with Crippen molar-refractivity contribution in [3.63, 3.8) is 0 Å². The molecule has 4 aliphatic rings. The van der Waals surface area contributed by atoms with Gasteiger partial charge in [-0.25, -0.2) is 13.4 Å². The van der Waals surface area contributed by atoms with E-state index in [-0.39, 0.29) is 12.9 Å². The largest absolute Gasteiger partial charge is 0.378 e. The second kappa shape index (κ2) is 11.0. The molecule has 0 bridgehead atoms. The summed E-state index contributed by atoms with van der Waals surface area (Å²) in [5.74, 6) is 0.397. The van der Waals surface area contributed by atoms with Gasteiger partial charge >= 0.3 is 0 Å². The van der Waals surface area contributed by atoms with E-state index in [1.54, 1.807) is 4.31 Å². The Bertz CT molecular complexity index is 1460. The summed E-state index contributed by atoms with van der Waals surface area (Å²) in [7, 11) is -3.27. The molecule has 38 heavy (non-hydrogen) atoms. The van der Waals surface area contributed by atoms with Gasteiger partial charge in [0.2, 0.25) is 10.0 Å². The number of hydrogen-bond donors (Lipinski definition) is 0. The summed E-state index contributed by atoms with van der Waals surface area (Å²) in [5, 5.41) is 1.00. The molecule has 10 heteroatoms. The Morgan fingerprint density at radius 1 is 1.03 bits per heavy atom. The van der Waals surface area contributed by atoms with Crippen LogP contribution < -0.4 is 15.2 Å². The van der Waals surface area contributed by atoms with Crippen molar-refractivity contribution in [2.75, 3.05) is 62.3 Å². The molecule has 2 saturated heterocycles. The maximum atomic E-state index is 12.9. The van der Waals surface area contributed by atoms with E-state index in [0.29, 0.717) is 19.0 Å². The average Bonchev–Trinajstić information content (AvgIpc) is 3.81. The van der Waals surface area contributed by atoms with Crippen LogP contribution in [0.25, 0.3) is 0 Å². The SMILES string of the molecule is CCC(C)c1cc(N2CCCN(S(=O)(=O)C3CC3)CC2)cc2c1=Nc1ccc(N3CCOCC3)cc1S=2I. The summed E-state index contributed by atoms with van der Waals surface area (Å²) in [6, 6.07) is 11.4. The summed E-state index contributed by atoms with van der Waals surface area (Å²) in [6.45, 7) is 10.7. The molecular weight excluding hydrogens is 631 g/mol. The second-order valence-electron chi connectivity index (χ2n) is 10.8. The van der Waals surface area contributed by atoms with Crippen molar-refractivity contribution >= 4 is 55.9 Å². The van der Waals surface area contributed by atoms with E-state index in [2.05, 4.69) is 75.2 Å². The van der Waals surface area contributed by atoms with Gasteiger partial charge in [-0.15, -0.1) is 0 Å². The topological polar surface area (TPSA) is 65.5 Å². The summed E-state index contributed by atoms with van der Waals surface area (Å²) in [6.07, 6.45) is 3.55. The fourth-order valence-corrected chi connectivity index (χ4v) is 10.9. The van der Waals surface area contributed by atoms with E-state index >= 15 is 0 Å². The van der Waals surface area contributed by atoms with E-state index in [1.807, 2.05) is 0 Å². The first-order valence-electron chi connectivity index (χ1n) is 13.9. The molecule has 2 aromatic rings. The van der Waals surface area contributed by atoms with Gasteiger partial charge in [0, 0.05) is 60.0 Å². The lowest BCUT2D eigenvalue weighted by Gasteiger charge is -2.30. The van der Waals surface area contributed by atoms with Crippen LogP contribution in [-0.4, -0.2) is 70.5 Å². The average molecular weight is 669 g/mol. The van der Waals surface area contributed by atoms with Gasteiger partial charge in [0.05, 0.1) is 29.5 Å². The van der Waals surface area contributed by atoms with E-state index in [1.165, 1.54) is 26.3 Å². The number of morpholine rings is 1. The molecular formula is C28H37IN4O3S2. The third kappa shape index (κ3) is 5.15. The Morgan fingerprint density at radius 3 is 2.53 bits per heavy atom. The Morgan fingerprint density at radius 2 is 1.79 bits per heavy atom. The van der Waals surface area contributed by atoms with Crippen LogP contribution in [0.1, 0.15) is 51.0 Å². The standard InChI is InChI=1S/C28H37IN4O3S2/c1-3-20(2)24-17-22(31-9-4-10-33(12-11-31)38(34,35)23-6-7-23)19-27-28(24)30-25-8-5-21(18-26(25)37(27)29)32-13-15-36-16-14-32/h5,8,17-20,23H,3-4,6-7,9-16H2,1-2H3. The van der Waals surface area contributed by atoms with Crippen molar-refractivity contribution in [3.05, 3.63) is 45.8 Å². The molecule has 6 rings (SSSR count). The normalized spacial score (nSPS) is 23.3. The molecule has 3 heterocycles. The van der Waals surface area contributed by atoms with Crippen LogP contribution in [-0.2, 0) is 14.8 Å². The molecule has 0 radical (unpaired) electrons. The first-order valence-corrected chi connectivity index (χ1v) is 19.1. The predicted molar refractivity (Wildman–Crippen MR) is 164 cm³/mol. The number of hydrogen-bond acceptors (Lipinski definition) is 6. The molecule has 1 aliphatic carbocycles. The zero-order chi connectivity index (χ0) is 26.4. The minimum Gasteiger partial charge on any atom is -0.378 e. The molecule has 1 saturated carbocycles. The maximum Gasteiger partial charge on any atom is 0.217 e. The molecule has 7 nitrogen and oxygen atoms in total. The Balaban J connectivity index is 1.38. The molecule has 206 valence electrons. The second-order valence-corrected chi connectivity index (χ2v) is 17.0. The van der Waals surface area contributed by atoms with Crippen LogP contribution in [0, 0.1) is 4.51 Å². The van der Waals surface area contributed by atoms with E-state index < -0.39 is 10.0 Å². The zero-order valence-electron chi connectivity index (χ0n) is 22.2. The fraction of sp³-hybridized carbons (Fsp3) is 0.571. The van der Waals surface area contributed by atoms with E-state index in [9.17, 15) is 8.42 Å². The molecule has 3 aliphatic heterocycles. The molecule has 2 aromatic carbocycles. The lowest BCUT2D eigenvalue weighted by Crippen LogP contribution is -2.37. The van der Waals surface area contributed by atoms with Gasteiger partial charge in [0.25, 0.3) is 0 Å².